The number of aryl methyl sites for hydroxylation is 1. The summed E-state index contributed by atoms with van der Waals surface area (Å²) in [5.74, 6) is -0.00992. The van der Waals surface area contributed by atoms with Crippen LogP contribution in [0, 0.1) is 18.3 Å². The second-order valence-corrected chi connectivity index (χ2v) is 7.30. The number of carbonyl (C=O) groups is 1. The van der Waals surface area contributed by atoms with E-state index in [0.29, 0.717) is 22.6 Å². The highest BCUT2D eigenvalue weighted by molar-refractivity contribution is 7.99. The van der Waals surface area contributed by atoms with Crippen LogP contribution in [-0.4, -0.2) is 27.8 Å². The predicted octanol–water partition coefficient (Wildman–Crippen LogP) is 3.28. The maximum absolute atomic E-state index is 12.8. The predicted molar refractivity (Wildman–Crippen MR) is 111 cm³/mol. The molecular weight excluding hydrogens is 372 g/mol. The van der Waals surface area contributed by atoms with E-state index >= 15 is 0 Å². The second kappa shape index (κ2) is 8.72. The Balaban J connectivity index is 1.82. The van der Waals surface area contributed by atoms with Crippen molar-refractivity contribution < 1.29 is 4.79 Å². The number of nitriles is 1. The lowest BCUT2D eigenvalue weighted by molar-refractivity contribution is -0.116. The van der Waals surface area contributed by atoms with Gasteiger partial charge in [0.05, 0.1) is 29.1 Å². The average Bonchev–Trinajstić information content (AvgIpc) is 2.71. The largest absolute Gasteiger partial charge is 0.311 e. The Labute approximate surface area is 167 Å². The number of rotatable bonds is 6. The maximum atomic E-state index is 12.8. The van der Waals surface area contributed by atoms with Crippen molar-refractivity contribution >= 4 is 34.3 Å². The SMILES string of the molecule is Cc1ccc(N(CCC#N)C(=O)CSc2nc3ccccc3c(=O)n2C)cc1. The fourth-order valence-electron chi connectivity index (χ4n) is 2.82. The van der Waals surface area contributed by atoms with Crippen LogP contribution in [0.5, 0.6) is 0 Å². The van der Waals surface area contributed by atoms with Gasteiger partial charge in [-0.2, -0.15) is 5.26 Å². The quantitative estimate of drug-likeness (QED) is 0.475. The summed E-state index contributed by atoms with van der Waals surface area (Å²) in [5, 5.41) is 9.96. The molecule has 6 nitrogen and oxygen atoms in total. The molecular formula is C21H20N4O2S. The molecule has 0 fully saturated rings. The van der Waals surface area contributed by atoms with Crippen molar-refractivity contribution in [3.8, 4) is 6.07 Å². The van der Waals surface area contributed by atoms with Gasteiger partial charge in [-0.25, -0.2) is 4.98 Å². The van der Waals surface area contributed by atoms with Gasteiger partial charge < -0.3 is 4.90 Å². The standard InChI is InChI=1S/C21H20N4O2S/c1-15-8-10-16(11-9-15)25(13-5-12-22)19(26)14-28-21-23-18-7-4-3-6-17(18)20(27)24(21)2/h3-4,6-11H,5,13-14H2,1-2H3. The van der Waals surface area contributed by atoms with Crippen molar-refractivity contribution in [1.82, 2.24) is 9.55 Å². The van der Waals surface area contributed by atoms with Crippen molar-refractivity contribution in [3.63, 3.8) is 0 Å². The Kier molecular flexibility index (Phi) is 6.12. The van der Waals surface area contributed by atoms with Gasteiger partial charge in [0.2, 0.25) is 5.91 Å². The molecule has 0 saturated heterocycles. The molecule has 0 bridgehead atoms. The molecule has 7 heteroatoms. The van der Waals surface area contributed by atoms with Crippen molar-refractivity contribution in [2.45, 2.75) is 18.5 Å². The molecule has 28 heavy (non-hydrogen) atoms. The van der Waals surface area contributed by atoms with Crippen LogP contribution in [0.1, 0.15) is 12.0 Å². The molecule has 0 spiro atoms. The molecule has 1 heterocycles. The number of hydrogen-bond acceptors (Lipinski definition) is 5. The van der Waals surface area contributed by atoms with Crippen LogP contribution in [-0.2, 0) is 11.8 Å². The number of nitrogens with zero attached hydrogens (tertiary/aromatic N) is 4. The van der Waals surface area contributed by atoms with Gasteiger partial charge in [-0.15, -0.1) is 0 Å². The number of carbonyl (C=O) groups excluding carboxylic acids is 1. The van der Waals surface area contributed by atoms with Gasteiger partial charge in [-0.1, -0.05) is 41.6 Å². The van der Waals surface area contributed by atoms with E-state index in [1.54, 1.807) is 30.1 Å². The van der Waals surface area contributed by atoms with Crippen LogP contribution in [0.4, 0.5) is 5.69 Å². The zero-order valence-electron chi connectivity index (χ0n) is 15.8. The fraction of sp³-hybridized carbons (Fsp3) is 0.238. The lowest BCUT2D eigenvalue weighted by atomic mass is 10.2. The van der Waals surface area contributed by atoms with Gasteiger partial charge in [0.25, 0.3) is 5.56 Å². The van der Waals surface area contributed by atoms with E-state index in [1.165, 1.54) is 16.3 Å². The first-order chi connectivity index (χ1) is 13.5. The lowest BCUT2D eigenvalue weighted by Gasteiger charge is -2.22. The zero-order chi connectivity index (χ0) is 20.1. The number of anilines is 1. The maximum Gasteiger partial charge on any atom is 0.261 e. The Morgan fingerprint density at radius 2 is 1.93 bits per heavy atom. The molecule has 1 aromatic heterocycles. The van der Waals surface area contributed by atoms with E-state index in [0.717, 1.165) is 11.3 Å². The van der Waals surface area contributed by atoms with Crippen LogP contribution >= 0.6 is 11.8 Å². The highest BCUT2D eigenvalue weighted by Gasteiger charge is 2.17. The van der Waals surface area contributed by atoms with Crippen molar-refractivity contribution in [2.24, 2.45) is 7.05 Å². The number of benzene rings is 2. The topological polar surface area (TPSA) is 79.0 Å². The second-order valence-electron chi connectivity index (χ2n) is 6.35. The third-order valence-electron chi connectivity index (χ3n) is 4.36. The monoisotopic (exact) mass is 392 g/mol. The minimum atomic E-state index is -0.138. The fourth-order valence-corrected chi connectivity index (χ4v) is 3.66. The molecule has 0 N–H and O–H groups in total. The first-order valence-electron chi connectivity index (χ1n) is 8.84. The van der Waals surface area contributed by atoms with Gasteiger partial charge in [-0.05, 0) is 31.2 Å². The number of aromatic nitrogens is 2. The molecule has 0 atom stereocenters. The molecule has 1 amide bonds. The third kappa shape index (κ3) is 4.24. The van der Waals surface area contributed by atoms with E-state index in [4.69, 9.17) is 5.26 Å². The van der Waals surface area contributed by atoms with E-state index in [1.807, 2.05) is 37.3 Å². The summed E-state index contributed by atoms with van der Waals surface area (Å²) < 4.78 is 1.46. The molecule has 2 aromatic carbocycles. The van der Waals surface area contributed by atoms with E-state index in [9.17, 15) is 9.59 Å². The molecule has 0 aliphatic rings. The number of amides is 1. The lowest BCUT2D eigenvalue weighted by Crippen LogP contribution is -2.33. The van der Waals surface area contributed by atoms with Gasteiger partial charge >= 0.3 is 0 Å². The van der Waals surface area contributed by atoms with Crippen molar-refractivity contribution in [3.05, 3.63) is 64.4 Å². The van der Waals surface area contributed by atoms with Crippen molar-refractivity contribution in [2.75, 3.05) is 17.2 Å². The summed E-state index contributed by atoms with van der Waals surface area (Å²) in [6, 6.07) is 16.9. The zero-order valence-corrected chi connectivity index (χ0v) is 16.6. The van der Waals surface area contributed by atoms with Gasteiger partial charge in [0, 0.05) is 19.3 Å². The minimum Gasteiger partial charge on any atom is -0.311 e. The summed E-state index contributed by atoms with van der Waals surface area (Å²) in [6.45, 7) is 2.30. The summed E-state index contributed by atoms with van der Waals surface area (Å²) in [7, 11) is 1.65. The summed E-state index contributed by atoms with van der Waals surface area (Å²) in [4.78, 5) is 31.5. The Morgan fingerprint density at radius 1 is 1.21 bits per heavy atom. The van der Waals surface area contributed by atoms with Crippen LogP contribution in [0.3, 0.4) is 0 Å². The van der Waals surface area contributed by atoms with E-state index < -0.39 is 0 Å². The summed E-state index contributed by atoms with van der Waals surface area (Å²) in [5.41, 5.74) is 2.33. The van der Waals surface area contributed by atoms with Gasteiger partial charge in [0.1, 0.15) is 0 Å². The Bertz CT molecular complexity index is 1100. The molecule has 0 aliphatic heterocycles. The minimum absolute atomic E-state index is 0.123. The smallest absolute Gasteiger partial charge is 0.261 e. The van der Waals surface area contributed by atoms with Crippen molar-refractivity contribution in [1.29, 1.82) is 5.26 Å². The van der Waals surface area contributed by atoms with Crippen LogP contribution in [0.25, 0.3) is 10.9 Å². The van der Waals surface area contributed by atoms with E-state index in [2.05, 4.69) is 11.1 Å². The molecule has 142 valence electrons. The van der Waals surface area contributed by atoms with E-state index in [-0.39, 0.29) is 23.6 Å². The molecule has 3 rings (SSSR count). The summed E-state index contributed by atoms with van der Waals surface area (Å²) in [6.07, 6.45) is 0.247. The summed E-state index contributed by atoms with van der Waals surface area (Å²) >= 11 is 1.22. The first kappa shape index (κ1) is 19.6. The number of thioether (sulfide) groups is 1. The first-order valence-corrected chi connectivity index (χ1v) is 9.82. The molecule has 0 radical (unpaired) electrons. The molecule has 0 aliphatic carbocycles. The van der Waals surface area contributed by atoms with Crippen LogP contribution < -0.4 is 10.5 Å². The number of hydrogen-bond donors (Lipinski definition) is 0. The average molecular weight is 392 g/mol. The molecule has 0 unspecified atom stereocenters. The van der Waals surface area contributed by atoms with Crippen LogP contribution in [0.2, 0.25) is 0 Å². The molecule has 3 aromatic rings. The highest BCUT2D eigenvalue weighted by atomic mass is 32.2. The van der Waals surface area contributed by atoms with Gasteiger partial charge in [-0.3, -0.25) is 14.2 Å². The highest BCUT2D eigenvalue weighted by Crippen LogP contribution is 2.21. The Morgan fingerprint density at radius 3 is 2.64 bits per heavy atom. The number of para-hydroxylation sites is 1. The third-order valence-corrected chi connectivity index (χ3v) is 5.38. The van der Waals surface area contributed by atoms with Gasteiger partial charge in [0.15, 0.2) is 5.16 Å². The van der Waals surface area contributed by atoms with Crippen LogP contribution in [0.15, 0.2) is 58.5 Å². The normalized spacial score (nSPS) is 10.6. The number of fused-ring (bicyclic) bond motifs is 1. The molecule has 0 saturated carbocycles. The Hall–Kier alpha value is -3.11.